The fourth-order valence-corrected chi connectivity index (χ4v) is 5.14. The first kappa shape index (κ1) is 27.4. The average molecular weight is 485 g/mol. The molecule has 27 heavy (non-hydrogen) atoms. The van der Waals surface area contributed by atoms with Crippen molar-refractivity contribution < 1.29 is 51.0 Å². The summed E-state index contributed by atoms with van der Waals surface area (Å²) in [6.45, 7) is 7.32. The van der Waals surface area contributed by atoms with Gasteiger partial charge in [0.15, 0.2) is 0 Å². The summed E-state index contributed by atoms with van der Waals surface area (Å²) in [7, 11) is 0. The Bertz CT molecular complexity index is 535. The van der Waals surface area contributed by atoms with Crippen LogP contribution >= 0.6 is 0 Å². The smallest absolute Gasteiger partial charge is 1.00 e. The summed E-state index contributed by atoms with van der Waals surface area (Å²) in [5.74, 6) is 4.26. The van der Waals surface area contributed by atoms with E-state index in [1.807, 2.05) is 12.2 Å². The van der Waals surface area contributed by atoms with E-state index in [1.165, 1.54) is 44.9 Å². The summed E-state index contributed by atoms with van der Waals surface area (Å²) < 4.78 is 0. The van der Waals surface area contributed by atoms with Crippen LogP contribution in [-0.4, -0.2) is 0 Å². The Hall–Kier alpha value is 0.423. The molecule has 3 heteroatoms. The van der Waals surface area contributed by atoms with Gasteiger partial charge in [-0.15, -0.1) is 6.42 Å². The average Bonchev–Trinajstić information content (AvgIpc) is 3.27. The van der Waals surface area contributed by atoms with Crippen LogP contribution in [0.25, 0.3) is 0 Å². The van der Waals surface area contributed by atoms with Crippen molar-refractivity contribution in [2.75, 3.05) is 0 Å². The Kier molecular flexibility index (Phi) is 13.8. The van der Waals surface area contributed by atoms with E-state index in [2.05, 4.69) is 45.1 Å². The molecule has 4 aliphatic carbocycles. The summed E-state index contributed by atoms with van der Waals surface area (Å²) in [4.78, 5) is 0. The molecule has 0 saturated heterocycles. The summed E-state index contributed by atoms with van der Waals surface area (Å²) in [6, 6.07) is 0. The molecule has 0 aromatic heterocycles. The van der Waals surface area contributed by atoms with Gasteiger partial charge in [0.1, 0.15) is 0 Å². The summed E-state index contributed by atoms with van der Waals surface area (Å²) in [5.41, 5.74) is 3.45. The maximum atomic E-state index is 3.77. The van der Waals surface area contributed by atoms with Crippen LogP contribution in [0.4, 0.5) is 0 Å². The first-order valence-electron chi connectivity index (χ1n) is 10.2. The topological polar surface area (TPSA) is 0 Å². The van der Waals surface area contributed by atoms with Crippen molar-refractivity contribution in [3.05, 3.63) is 47.6 Å². The van der Waals surface area contributed by atoms with Crippen molar-refractivity contribution in [2.45, 2.75) is 72.1 Å². The molecule has 0 radical (unpaired) electrons. The molecule has 0 spiro atoms. The molecule has 0 amide bonds. The molecule has 0 N–H and O–H groups in total. The third kappa shape index (κ3) is 7.31. The van der Waals surface area contributed by atoms with Crippen LogP contribution < -0.4 is 24.8 Å². The second-order valence-corrected chi connectivity index (χ2v) is 8.54. The Balaban J connectivity index is 0.000000742. The quantitative estimate of drug-likeness (QED) is 0.511. The van der Waals surface area contributed by atoms with Crippen molar-refractivity contribution in [3.8, 4) is 0 Å². The van der Waals surface area contributed by atoms with E-state index in [4.69, 9.17) is 0 Å². The predicted molar refractivity (Wildman–Crippen MR) is 103 cm³/mol. The Morgan fingerprint density at radius 3 is 2.41 bits per heavy atom. The molecule has 4 aliphatic rings. The van der Waals surface area contributed by atoms with Crippen LogP contribution in [0.2, 0.25) is 0 Å². The monoisotopic (exact) mass is 482 g/mol. The van der Waals surface area contributed by atoms with Gasteiger partial charge >= 0.3 is 26.2 Å². The van der Waals surface area contributed by atoms with Gasteiger partial charge in [-0.05, 0) is 42.9 Å². The minimum atomic E-state index is 0. The second kappa shape index (κ2) is 13.6. The first-order valence-corrected chi connectivity index (χ1v) is 10.2. The van der Waals surface area contributed by atoms with Gasteiger partial charge in [-0.3, -0.25) is 12.2 Å². The molecular formula is C24H34Cl2Zr. The summed E-state index contributed by atoms with van der Waals surface area (Å²) in [6.07, 6.45) is 26.0. The maximum absolute atomic E-state index is 3.77. The molecular weight excluding hydrogens is 450 g/mol. The second-order valence-electron chi connectivity index (χ2n) is 8.54. The van der Waals surface area contributed by atoms with Gasteiger partial charge in [-0.2, -0.15) is 17.2 Å². The van der Waals surface area contributed by atoms with E-state index < -0.39 is 0 Å². The molecule has 4 rings (SSSR count). The summed E-state index contributed by atoms with van der Waals surface area (Å²) >= 11 is 0. The zero-order valence-electron chi connectivity index (χ0n) is 17.1. The van der Waals surface area contributed by atoms with Crippen molar-refractivity contribution in [1.82, 2.24) is 0 Å². The number of hydrogen-bond acceptors (Lipinski definition) is 0. The number of rotatable bonds is 2. The molecule has 0 aliphatic heterocycles. The Labute approximate surface area is 199 Å². The van der Waals surface area contributed by atoms with Crippen molar-refractivity contribution in [1.29, 1.82) is 0 Å². The van der Waals surface area contributed by atoms with E-state index in [0.29, 0.717) is 5.92 Å². The minimum absolute atomic E-state index is 0. The molecule has 0 aromatic carbocycles. The van der Waals surface area contributed by atoms with Gasteiger partial charge in [-0.1, -0.05) is 52.4 Å². The van der Waals surface area contributed by atoms with Crippen LogP contribution in [0, 0.1) is 41.7 Å². The largest absolute Gasteiger partial charge is 4.00 e. The predicted octanol–water partition coefficient (Wildman–Crippen LogP) is 0.866. The normalized spacial score (nSPS) is 30.7. The third-order valence-electron chi connectivity index (χ3n) is 6.45. The van der Waals surface area contributed by atoms with Crippen molar-refractivity contribution >= 4 is 0 Å². The van der Waals surface area contributed by atoms with Gasteiger partial charge in [0.2, 0.25) is 0 Å². The van der Waals surface area contributed by atoms with Gasteiger partial charge in [0.25, 0.3) is 0 Å². The van der Waals surface area contributed by atoms with E-state index in [1.54, 1.807) is 11.1 Å². The molecule has 0 bridgehead atoms. The minimum Gasteiger partial charge on any atom is -1.00 e. The van der Waals surface area contributed by atoms with Gasteiger partial charge < -0.3 is 24.8 Å². The Morgan fingerprint density at radius 2 is 1.81 bits per heavy atom. The molecule has 1 fully saturated rings. The molecule has 1 unspecified atom stereocenters. The Morgan fingerprint density at radius 1 is 1.07 bits per heavy atom. The van der Waals surface area contributed by atoms with E-state index >= 15 is 0 Å². The molecule has 4 atom stereocenters. The molecule has 0 heterocycles. The van der Waals surface area contributed by atoms with E-state index in [0.717, 1.165) is 30.1 Å². The molecule has 148 valence electrons. The van der Waals surface area contributed by atoms with Crippen LogP contribution in [0.5, 0.6) is 0 Å². The standard InChI is InChI=1S/C19H29.C5H5.2ClH.Zr/c1-13(2)16-10-8-14(3)12-19(16)18-11-9-15-6-4-5-7-17(15)18;1-2-4-5-3-1;;;/h9,13-14,16,18-19H,4-8,10,12H2,1-3H3;1-3H,4H2;2*1H;/q2*-1;;;+4/p-2/t14-,16+,18?,19+;;;;/m1..../s1. The molecule has 0 aromatic rings. The van der Waals surface area contributed by atoms with Crippen molar-refractivity contribution in [2.24, 2.45) is 29.6 Å². The number of halogens is 2. The van der Waals surface area contributed by atoms with E-state index in [9.17, 15) is 0 Å². The van der Waals surface area contributed by atoms with Crippen LogP contribution in [0.3, 0.4) is 0 Å². The number of allylic oxidation sites excluding steroid dienone is 8. The van der Waals surface area contributed by atoms with Crippen LogP contribution in [-0.2, 0) is 26.2 Å². The zero-order valence-corrected chi connectivity index (χ0v) is 21.1. The van der Waals surface area contributed by atoms with E-state index in [-0.39, 0.29) is 51.0 Å². The van der Waals surface area contributed by atoms with Gasteiger partial charge in [0.05, 0.1) is 0 Å². The van der Waals surface area contributed by atoms with Gasteiger partial charge in [0, 0.05) is 0 Å². The zero-order chi connectivity index (χ0) is 16.9. The fraction of sp³-hybridized carbons (Fsp3) is 0.667. The summed E-state index contributed by atoms with van der Waals surface area (Å²) in [5, 5.41) is 0. The van der Waals surface area contributed by atoms with Crippen molar-refractivity contribution in [3.63, 3.8) is 0 Å². The SMILES string of the molecule is CC(C)[C@@H]1CC[C@@H](C)C[C@@H]1C1[C-]=CC2=C1CCCC2.[C-]1=CC=CC1.[Cl-].[Cl-].[Zr+4]. The number of hydrogen-bond donors (Lipinski definition) is 0. The van der Waals surface area contributed by atoms with Crippen LogP contribution in [0.1, 0.15) is 72.1 Å². The molecule has 0 nitrogen and oxygen atoms in total. The third-order valence-corrected chi connectivity index (χ3v) is 6.45. The maximum Gasteiger partial charge on any atom is 4.00 e. The van der Waals surface area contributed by atoms with Crippen LogP contribution in [0.15, 0.2) is 35.5 Å². The van der Waals surface area contributed by atoms with Gasteiger partial charge in [-0.25, -0.2) is 18.2 Å². The fourth-order valence-electron chi connectivity index (χ4n) is 5.14. The first-order chi connectivity index (χ1) is 11.7. The molecule has 1 saturated carbocycles.